The zero-order valence-corrected chi connectivity index (χ0v) is 10.4. The van der Waals surface area contributed by atoms with Crippen molar-refractivity contribution >= 4 is 23.2 Å². The lowest BCUT2D eigenvalue weighted by Crippen LogP contribution is -2.30. The fraction of sp³-hybridized carbons (Fsp3) is 0.833. The van der Waals surface area contributed by atoms with Crippen molar-refractivity contribution in [3.8, 4) is 0 Å². The number of nitrogens with zero attached hydrogens (tertiary/aromatic N) is 1. The van der Waals surface area contributed by atoms with Crippen LogP contribution >= 0.6 is 12.2 Å². The standard InChI is InChI=1S/C12H19NO2S/c14-11-5-3-4-10(8-11)9-15-12(16)13-6-1-2-7-13/h10H,1-9H2. The number of carbonyl (C=O) groups excluding carboxylic acids is 1. The van der Waals surface area contributed by atoms with Gasteiger partial charge in [0.2, 0.25) is 0 Å². The average molecular weight is 241 g/mol. The molecule has 0 spiro atoms. The van der Waals surface area contributed by atoms with Gasteiger partial charge in [-0.1, -0.05) is 0 Å². The summed E-state index contributed by atoms with van der Waals surface area (Å²) in [5.74, 6) is 0.772. The molecule has 0 N–H and O–H groups in total. The van der Waals surface area contributed by atoms with Crippen molar-refractivity contribution in [2.24, 2.45) is 5.92 Å². The summed E-state index contributed by atoms with van der Waals surface area (Å²) in [6.45, 7) is 2.69. The predicted molar refractivity (Wildman–Crippen MR) is 66.3 cm³/mol. The molecule has 0 aromatic rings. The van der Waals surface area contributed by atoms with E-state index in [1.807, 2.05) is 0 Å². The molecule has 3 nitrogen and oxygen atoms in total. The minimum Gasteiger partial charge on any atom is -0.471 e. The number of Topliss-reactive ketones (excluding diaryl/α,β-unsaturated/α-hetero) is 1. The summed E-state index contributed by atoms with van der Waals surface area (Å²) in [5.41, 5.74) is 0. The highest BCUT2D eigenvalue weighted by Crippen LogP contribution is 2.22. The first-order valence-electron chi connectivity index (χ1n) is 6.19. The van der Waals surface area contributed by atoms with Crippen LogP contribution in [0.3, 0.4) is 0 Å². The van der Waals surface area contributed by atoms with Gasteiger partial charge >= 0.3 is 0 Å². The zero-order chi connectivity index (χ0) is 11.4. The molecule has 0 radical (unpaired) electrons. The number of likely N-dealkylation sites (tertiary alicyclic amines) is 1. The molecule has 0 bridgehead atoms. The van der Waals surface area contributed by atoms with Crippen molar-refractivity contribution in [2.75, 3.05) is 19.7 Å². The number of hydrogen-bond acceptors (Lipinski definition) is 3. The molecule has 0 amide bonds. The molecule has 1 aliphatic heterocycles. The lowest BCUT2D eigenvalue weighted by Gasteiger charge is -2.24. The molecule has 1 saturated carbocycles. The second-order valence-corrected chi connectivity index (χ2v) is 5.12. The summed E-state index contributed by atoms with van der Waals surface area (Å²) in [6.07, 6.45) is 5.99. The fourth-order valence-electron chi connectivity index (χ4n) is 2.44. The van der Waals surface area contributed by atoms with Gasteiger partial charge in [-0.25, -0.2) is 0 Å². The number of rotatable bonds is 2. The second-order valence-electron chi connectivity index (χ2n) is 4.77. The minimum absolute atomic E-state index is 0.381. The maximum atomic E-state index is 11.3. The maximum Gasteiger partial charge on any atom is 0.259 e. The largest absolute Gasteiger partial charge is 0.471 e. The number of hydrogen-bond donors (Lipinski definition) is 0. The molecule has 1 heterocycles. The Kier molecular flexibility index (Phi) is 4.16. The van der Waals surface area contributed by atoms with E-state index >= 15 is 0 Å². The van der Waals surface area contributed by atoms with Gasteiger partial charge in [-0.15, -0.1) is 0 Å². The molecule has 4 heteroatoms. The molecule has 0 aromatic heterocycles. The Bertz CT molecular complexity index is 274. The van der Waals surface area contributed by atoms with Gasteiger partial charge in [0.1, 0.15) is 5.78 Å². The van der Waals surface area contributed by atoms with Gasteiger partial charge in [0, 0.05) is 25.9 Å². The lowest BCUT2D eigenvalue weighted by molar-refractivity contribution is -0.121. The van der Waals surface area contributed by atoms with Crippen molar-refractivity contribution in [2.45, 2.75) is 38.5 Å². The van der Waals surface area contributed by atoms with Crippen LogP contribution in [0.5, 0.6) is 0 Å². The minimum atomic E-state index is 0.381. The Morgan fingerprint density at radius 3 is 2.81 bits per heavy atom. The second kappa shape index (κ2) is 5.62. The van der Waals surface area contributed by atoms with Gasteiger partial charge in [0.25, 0.3) is 5.17 Å². The molecule has 0 aromatic carbocycles. The van der Waals surface area contributed by atoms with Crippen LogP contribution in [0.15, 0.2) is 0 Å². The van der Waals surface area contributed by atoms with Crippen LogP contribution in [0.25, 0.3) is 0 Å². The van der Waals surface area contributed by atoms with Crippen LogP contribution < -0.4 is 0 Å². The molecule has 2 aliphatic rings. The fourth-order valence-corrected chi connectivity index (χ4v) is 2.69. The van der Waals surface area contributed by atoms with Gasteiger partial charge in [-0.05, 0) is 43.8 Å². The normalized spacial score (nSPS) is 25.9. The first-order valence-corrected chi connectivity index (χ1v) is 6.60. The first-order chi connectivity index (χ1) is 7.75. The highest BCUT2D eigenvalue weighted by Gasteiger charge is 2.22. The zero-order valence-electron chi connectivity index (χ0n) is 9.61. The summed E-state index contributed by atoms with van der Waals surface area (Å²) in [6, 6.07) is 0. The van der Waals surface area contributed by atoms with E-state index in [9.17, 15) is 4.79 Å². The van der Waals surface area contributed by atoms with Gasteiger partial charge < -0.3 is 9.64 Å². The molecule has 2 fully saturated rings. The van der Waals surface area contributed by atoms with Gasteiger partial charge in [-0.2, -0.15) is 0 Å². The van der Waals surface area contributed by atoms with Crippen LogP contribution in [0.2, 0.25) is 0 Å². The summed E-state index contributed by atoms with van der Waals surface area (Å²) < 4.78 is 5.62. The Hall–Kier alpha value is -0.640. The molecule has 1 aliphatic carbocycles. The highest BCUT2D eigenvalue weighted by molar-refractivity contribution is 7.80. The van der Waals surface area contributed by atoms with E-state index in [2.05, 4.69) is 4.90 Å². The van der Waals surface area contributed by atoms with Crippen molar-refractivity contribution in [1.82, 2.24) is 4.90 Å². The SMILES string of the molecule is O=C1CCCC(COC(=S)N2CCCC2)C1. The van der Waals surface area contributed by atoms with E-state index < -0.39 is 0 Å². The van der Waals surface area contributed by atoms with Crippen LogP contribution in [0.1, 0.15) is 38.5 Å². The van der Waals surface area contributed by atoms with Crippen molar-refractivity contribution in [3.63, 3.8) is 0 Å². The summed E-state index contributed by atoms with van der Waals surface area (Å²) in [7, 11) is 0. The molecular weight excluding hydrogens is 222 g/mol. The molecule has 1 saturated heterocycles. The van der Waals surface area contributed by atoms with E-state index in [0.29, 0.717) is 29.9 Å². The summed E-state index contributed by atoms with van der Waals surface area (Å²) in [4.78, 5) is 13.4. The number of ketones is 1. The van der Waals surface area contributed by atoms with E-state index in [1.165, 1.54) is 12.8 Å². The smallest absolute Gasteiger partial charge is 0.259 e. The van der Waals surface area contributed by atoms with Crippen molar-refractivity contribution < 1.29 is 9.53 Å². The van der Waals surface area contributed by atoms with Crippen LogP contribution in [0.4, 0.5) is 0 Å². The van der Waals surface area contributed by atoms with Crippen LogP contribution in [-0.4, -0.2) is 35.6 Å². The van der Waals surface area contributed by atoms with Gasteiger partial charge in [0.05, 0.1) is 6.61 Å². The van der Waals surface area contributed by atoms with Crippen LogP contribution in [0, 0.1) is 5.92 Å². The van der Waals surface area contributed by atoms with Gasteiger partial charge in [0.15, 0.2) is 0 Å². The molecule has 16 heavy (non-hydrogen) atoms. The quantitative estimate of drug-likeness (QED) is 0.693. The third kappa shape index (κ3) is 3.17. The number of ether oxygens (including phenoxy) is 1. The van der Waals surface area contributed by atoms with E-state index in [1.54, 1.807) is 0 Å². The lowest BCUT2D eigenvalue weighted by atomic mass is 9.89. The molecule has 2 rings (SSSR count). The molecule has 1 atom stereocenters. The third-order valence-corrected chi connectivity index (χ3v) is 3.77. The Morgan fingerprint density at radius 2 is 2.12 bits per heavy atom. The molecule has 1 unspecified atom stereocenters. The van der Waals surface area contributed by atoms with E-state index in [0.717, 1.165) is 32.4 Å². The Balaban J connectivity index is 1.69. The highest BCUT2D eigenvalue weighted by atomic mass is 32.1. The monoisotopic (exact) mass is 241 g/mol. The van der Waals surface area contributed by atoms with Crippen molar-refractivity contribution in [1.29, 1.82) is 0 Å². The molecular formula is C12H19NO2S. The summed E-state index contributed by atoms with van der Waals surface area (Å²) >= 11 is 5.23. The van der Waals surface area contributed by atoms with E-state index in [4.69, 9.17) is 17.0 Å². The third-order valence-electron chi connectivity index (χ3n) is 3.39. The topological polar surface area (TPSA) is 29.5 Å². The van der Waals surface area contributed by atoms with Gasteiger partial charge in [-0.3, -0.25) is 4.79 Å². The first kappa shape index (κ1) is 11.8. The predicted octanol–water partition coefficient (Wildman–Crippen LogP) is 2.14. The van der Waals surface area contributed by atoms with E-state index in [-0.39, 0.29) is 0 Å². The maximum absolute atomic E-state index is 11.3. The Labute approximate surface area is 102 Å². The average Bonchev–Trinajstić information content (AvgIpc) is 2.79. The van der Waals surface area contributed by atoms with Crippen molar-refractivity contribution in [3.05, 3.63) is 0 Å². The summed E-state index contributed by atoms with van der Waals surface area (Å²) in [5, 5.41) is 0.635. The number of carbonyl (C=O) groups is 1. The molecule has 90 valence electrons. The van der Waals surface area contributed by atoms with Crippen LogP contribution in [-0.2, 0) is 9.53 Å². The number of thiocarbonyl (C=S) groups is 1. The Morgan fingerprint density at radius 1 is 1.38 bits per heavy atom.